The Kier molecular flexibility index (Phi) is 4.44. The summed E-state index contributed by atoms with van der Waals surface area (Å²) in [6, 6.07) is 5.87. The van der Waals surface area contributed by atoms with Gasteiger partial charge in [0.25, 0.3) is 0 Å². The molecular weight excluding hydrogens is 306 g/mol. The fourth-order valence-electron chi connectivity index (χ4n) is 3.71. The highest BCUT2D eigenvalue weighted by atomic mass is 16.6. The third-order valence-corrected chi connectivity index (χ3v) is 4.71. The van der Waals surface area contributed by atoms with Crippen LogP contribution in [0.15, 0.2) is 18.2 Å². The van der Waals surface area contributed by atoms with E-state index in [9.17, 15) is 9.90 Å². The number of hydrogen-bond acceptors (Lipinski definition) is 5. The van der Waals surface area contributed by atoms with E-state index in [0.717, 1.165) is 25.1 Å². The molecule has 0 aromatic heterocycles. The van der Waals surface area contributed by atoms with Crippen molar-refractivity contribution in [3.63, 3.8) is 0 Å². The van der Waals surface area contributed by atoms with Crippen LogP contribution in [-0.2, 0) is 11.2 Å². The van der Waals surface area contributed by atoms with Crippen LogP contribution in [0.3, 0.4) is 0 Å². The van der Waals surface area contributed by atoms with Gasteiger partial charge < -0.3 is 20.9 Å². The molecule has 0 radical (unpaired) electrons. The first-order valence-corrected chi connectivity index (χ1v) is 8.56. The molecule has 6 heteroatoms. The number of nitrogens with two attached hydrogens (primary N) is 1. The summed E-state index contributed by atoms with van der Waals surface area (Å²) >= 11 is 0. The topological polar surface area (TPSA) is 87.8 Å². The number of nitrogen functional groups attached to an aromatic ring is 1. The van der Waals surface area contributed by atoms with Gasteiger partial charge in [-0.15, -0.1) is 0 Å². The Bertz CT molecular complexity index is 626. The number of amides is 1. The molecule has 4 N–H and O–H groups in total. The molecule has 6 nitrogen and oxygen atoms in total. The fraction of sp³-hybridized carbons (Fsp3) is 0.611. The number of carbonyl (C=O) groups excluding carboxylic acids is 1. The quantitative estimate of drug-likeness (QED) is 0.722. The smallest absolute Gasteiger partial charge is 0.408 e. The number of carbonyl (C=O) groups is 1. The van der Waals surface area contributed by atoms with Crippen molar-refractivity contribution in [2.24, 2.45) is 0 Å². The maximum Gasteiger partial charge on any atom is 0.408 e. The average molecular weight is 333 g/mol. The summed E-state index contributed by atoms with van der Waals surface area (Å²) in [7, 11) is 0. The lowest BCUT2D eigenvalue weighted by molar-refractivity contribution is -0.0113. The van der Waals surface area contributed by atoms with Gasteiger partial charge in [0.1, 0.15) is 11.8 Å². The fourth-order valence-corrected chi connectivity index (χ4v) is 3.71. The van der Waals surface area contributed by atoms with E-state index in [1.165, 1.54) is 11.1 Å². The molecule has 1 fully saturated rings. The molecule has 1 saturated heterocycles. The number of benzene rings is 1. The molecule has 1 amide bonds. The first kappa shape index (κ1) is 17.0. The summed E-state index contributed by atoms with van der Waals surface area (Å²) < 4.78 is 5.28. The number of nitrogens with zero attached hydrogens (tertiary/aromatic N) is 1. The Morgan fingerprint density at radius 3 is 2.83 bits per heavy atom. The average Bonchev–Trinajstić information content (AvgIpc) is 3.01. The molecular formula is C18H27N3O3. The largest absolute Gasteiger partial charge is 0.444 e. The first-order valence-electron chi connectivity index (χ1n) is 8.56. The Hall–Kier alpha value is -1.79. The lowest BCUT2D eigenvalue weighted by Gasteiger charge is -2.30. The van der Waals surface area contributed by atoms with Crippen LogP contribution in [0, 0.1) is 0 Å². The van der Waals surface area contributed by atoms with Gasteiger partial charge in [-0.3, -0.25) is 4.90 Å². The van der Waals surface area contributed by atoms with E-state index < -0.39 is 17.9 Å². The molecule has 1 aromatic rings. The van der Waals surface area contributed by atoms with Gasteiger partial charge in [0.2, 0.25) is 0 Å². The number of aryl methyl sites for hydroxylation is 1. The van der Waals surface area contributed by atoms with Gasteiger partial charge in [-0.05, 0) is 63.3 Å². The van der Waals surface area contributed by atoms with Crippen LogP contribution in [0.1, 0.15) is 50.8 Å². The van der Waals surface area contributed by atoms with Crippen molar-refractivity contribution in [1.82, 2.24) is 10.2 Å². The molecule has 1 aliphatic heterocycles. The summed E-state index contributed by atoms with van der Waals surface area (Å²) in [6.45, 7) is 6.22. The summed E-state index contributed by atoms with van der Waals surface area (Å²) in [4.78, 5) is 14.0. The number of aliphatic hydroxyl groups excluding tert-OH is 1. The van der Waals surface area contributed by atoms with Crippen LogP contribution in [0.4, 0.5) is 10.5 Å². The van der Waals surface area contributed by atoms with E-state index in [-0.39, 0.29) is 12.1 Å². The van der Waals surface area contributed by atoms with Crippen LogP contribution < -0.4 is 11.1 Å². The number of fused-ring (bicyclic) bond motifs is 1. The van der Waals surface area contributed by atoms with Crippen molar-refractivity contribution < 1.29 is 14.6 Å². The van der Waals surface area contributed by atoms with Crippen LogP contribution in [0.5, 0.6) is 0 Å². The molecule has 3 rings (SSSR count). The van der Waals surface area contributed by atoms with Gasteiger partial charge >= 0.3 is 6.09 Å². The zero-order chi connectivity index (χ0) is 17.5. The van der Waals surface area contributed by atoms with Gasteiger partial charge in [-0.2, -0.15) is 0 Å². The summed E-state index contributed by atoms with van der Waals surface area (Å²) in [5, 5.41) is 13.5. The van der Waals surface area contributed by atoms with Gasteiger partial charge in [0.15, 0.2) is 0 Å². The van der Waals surface area contributed by atoms with Crippen molar-refractivity contribution in [2.45, 2.75) is 63.9 Å². The molecule has 0 bridgehead atoms. The van der Waals surface area contributed by atoms with E-state index in [1.54, 1.807) is 0 Å². The summed E-state index contributed by atoms with van der Waals surface area (Å²) in [6.07, 6.45) is 1.47. The SMILES string of the molecule is CC(C)(C)OC(=O)N[C@H]1CCN([C@@H]2CCc3cc(N)ccc32)C1O. The van der Waals surface area contributed by atoms with Gasteiger partial charge in [0, 0.05) is 18.3 Å². The lowest BCUT2D eigenvalue weighted by atomic mass is 10.1. The van der Waals surface area contributed by atoms with Crippen LogP contribution in [-0.4, -0.2) is 40.5 Å². The molecule has 132 valence electrons. The Balaban J connectivity index is 1.65. The van der Waals surface area contributed by atoms with Crippen molar-refractivity contribution in [2.75, 3.05) is 12.3 Å². The molecule has 0 saturated carbocycles. The lowest BCUT2D eigenvalue weighted by Crippen LogP contribution is -2.47. The van der Waals surface area contributed by atoms with Crippen molar-refractivity contribution in [3.8, 4) is 0 Å². The number of alkyl carbamates (subject to hydrolysis) is 1. The normalized spacial score (nSPS) is 27.1. The Morgan fingerprint density at radius 2 is 2.12 bits per heavy atom. The van der Waals surface area contributed by atoms with E-state index >= 15 is 0 Å². The zero-order valence-electron chi connectivity index (χ0n) is 14.6. The summed E-state index contributed by atoms with van der Waals surface area (Å²) in [5.41, 5.74) is 8.59. The molecule has 0 spiro atoms. The van der Waals surface area contributed by atoms with Gasteiger partial charge in [-0.25, -0.2) is 4.79 Å². The maximum atomic E-state index is 11.9. The molecule has 24 heavy (non-hydrogen) atoms. The number of rotatable bonds is 2. The predicted octanol–water partition coefficient (Wildman–Crippen LogP) is 2.17. The molecule has 1 aliphatic carbocycles. The van der Waals surface area contributed by atoms with E-state index in [1.807, 2.05) is 32.9 Å². The number of ether oxygens (including phenoxy) is 1. The predicted molar refractivity (Wildman–Crippen MR) is 92.4 cm³/mol. The van der Waals surface area contributed by atoms with Crippen molar-refractivity contribution >= 4 is 11.8 Å². The Labute approximate surface area is 143 Å². The first-order chi connectivity index (χ1) is 11.2. The second-order valence-electron chi connectivity index (χ2n) is 7.71. The zero-order valence-corrected chi connectivity index (χ0v) is 14.6. The van der Waals surface area contributed by atoms with E-state index in [2.05, 4.69) is 16.3 Å². The van der Waals surface area contributed by atoms with E-state index in [4.69, 9.17) is 10.5 Å². The van der Waals surface area contributed by atoms with Crippen molar-refractivity contribution in [3.05, 3.63) is 29.3 Å². The number of anilines is 1. The highest BCUT2D eigenvalue weighted by molar-refractivity contribution is 5.68. The summed E-state index contributed by atoms with van der Waals surface area (Å²) in [5.74, 6) is 0. The molecule has 1 unspecified atom stereocenters. The second kappa shape index (κ2) is 6.26. The minimum Gasteiger partial charge on any atom is -0.444 e. The Morgan fingerprint density at radius 1 is 1.38 bits per heavy atom. The van der Waals surface area contributed by atoms with Gasteiger partial charge in [0.05, 0.1) is 6.04 Å². The monoisotopic (exact) mass is 333 g/mol. The third-order valence-electron chi connectivity index (χ3n) is 4.71. The number of hydrogen-bond donors (Lipinski definition) is 3. The minimum atomic E-state index is -0.703. The van der Waals surface area contributed by atoms with Gasteiger partial charge in [-0.1, -0.05) is 6.07 Å². The van der Waals surface area contributed by atoms with Crippen molar-refractivity contribution in [1.29, 1.82) is 0 Å². The number of aliphatic hydroxyl groups is 1. The highest BCUT2D eigenvalue weighted by Crippen LogP contribution is 2.39. The number of likely N-dealkylation sites (tertiary alicyclic amines) is 1. The molecule has 1 heterocycles. The standard InChI is InChI=1S/C18H27N3O3/c1-18(2,3)24-17(23)20-14-8-9-21(16(14)22)15-7-4-11-10-12(19)5-6-13(11)15/h5-6,10,14-16,22H,4,7-9,19H2,1-3H3,(H,20,23)/t14-,15+,16?/m0/s1. The second-order valence-corrected chi connectivity index (χ2v) is 7.71. The van der Waals surface area contributed by atoms with E-state index in [0.29, 0.717) is 6.42 Å². The molecule has 1 aromatic carbocycles. The minimum absolute atomic E-state index is 0.182. The molecule has 2 aliphatic rings. The maximum absolute atomic E-state index is 11.9. The number of nitrogens with one attached hydrogen (secondary N) is 1. The van der Waals surface area contributed by atoms with Crippen LogP contribution in [0.2, 0.25) is 0 Å². The molecule has 3 atom stereocenters. The van der Waals surface area contributed by atoms with Crippen LogP contribution >= 0.6 is 0 Å². The van der Waals surface area contributed by atoms with Crippen LogP contribution in [0.25, 0.3) is 0 Å². The highest BCUT2D eigenvalue weighted by Gasteiger charge is 2.40. The third kappa shape index (κ3) is 3.49.